The maximum atomic E-state index is 10.3. The van der Waals surface area contributed by atoms with E-state index in [2.05, 4.69) is 5.10 Å². The second-order valence-electron chi connectivity index (χ2n) is 4.31. The summed E-state index contributed by atoms with van der Waals surface area (Å²) in [6, 6.07) is 0. The number of aryl methyl sites for hydroxylation is 2. The van der Waals surface area contributed by atoms with Crippen molar-refractivity contribution < 1.29 is 9.84 Å². The number of nitrogens with zero attached hydrogens (tertiary/aromatic N) is 2. The monoisotopic (exact) mass is 244 g/mol. The van der Waals surface area contributed by atoms with Crippen molar-refractivity contribution in [3.8, 4) is 0 Å². The third-order valence-electron chi connectivity index (χ3n) is 3.20. The van der Waals surface area contributed by atoms with Crippen LogP contribution in [-0.4, -0.2) is 28.1 Å². The van der Waals surface area contributed by atoms with Gasteiger partial charge in [0.2, 0.25) is 0 Å². The van der Waals surface area contributed by atoms with E-state index in [0.717, 1.165) is 37.3 Å². The van der Waals surface area contributed by atoms with E-state index in [4.69, 9.17) is 16.3 Å². The first-order chi connectivity index (χ1) is 7.61. The van der Waals surface area contributed by atoms with Crippen LogP contribution in [0.3, 0.4) is 0 Å². The van der Waals surface area contributed by atoms with Gasteiger partial charge >= 0.3 is 0 Å². The largest absolute Gasteiger partial charge is 0.388 e. The van der Waals surface area contributed by atoms with Crippen LogP contribution in [0, 0.1) is 12.8 Å². The molecule has 0 bridgehead atoms. The van der Waals surface area contributed by atoms with E-state index >= 15 is 0 Å². The van der Waals surface area contributed by atoms with Crippen LogP contribution in [0.15, 0.2) is 0 Å². The molecule has 0 aliphatic carbocycles. The second kappa shape index (κ2) is 4.73. The Morgan fingerprint density at radius 2 is 2.12 bits per heavy atom. The van der Waals surface area contributed by atoms with Crippen molar-refractivity contribution in [3.63, 3.8) is 0 Å². The highest BCUT2D eigenvalue weighted by molar-refractivity contribution is 6.30. The molecule has 1 aromatic rings. The molecule has 0 saturated carbocycles. The topological polar surface area (TPSA) is 47.3 Å². The Morgan fingerprint density at radius 1 is 1.50 bits per heavy atom. The van der Waals surface area contributed by atoms with Gasteiger partial charge in [0.15, 0.2) is 0 Å². The molecule has 1 N–H and O–H groups in total. The van der Waals surface area contributed by atoms with Crippen molar-refractivity contribution in [2.45, 2.75) is 25.9 Å². The molecule has 1 unspecified atom stereocenters. The minimum Gasteiger partial charge on any atom is -0.388 e. The van der Waals surface area contributed by atoms with E-state index in [1.807, 2.05) is 6.92 Å². The number of aliphatic hydroxyl groups excluding tert-OH is 1. The number of rotatable bonds is 2. The van der Waals surface area contributed by atoms with Crippen LogP contribution in [-0.2, 0) is 11.8 Å². The molecule has 0 radical (unpaired) electrons. The molecular weight excluding hydrogens is 228 g/mol. The third kappa shape index (κ3) is 2.10. The number of halogens is 1. The molecule has 1 aromatic heterocycles. The summed E-state index contributed by atoms with van der Waals surface area (Å²) in [6.07, 6.45) is 1.24. The predicted octanol–water partition coefficient (Wildman–Crippen LogP) is 1.84. The number of aliphatic hydroxyl groups is 1. The second-order valence-corrected chi connectivity index (χ2v) is 4.67. The Kier molecular flexibility index (Phi) is 3.52. The average Bonchev–Trinajstić information content (AvgIpc) is 2.54. The summed E-state index contributed by atoms with van der Waals surface area (Å²) in [6.45, 7) is 3.32. The third-order valence-corrected chi connectivity index (χ3v) is 3.65. The van der Waals surface area contributed by atoms with Crippen LogP contribution >= 0.6 is 11.6 Å². The molecular formula is C11H17ClN2O2. The molecule has 0 aromatic carbocycles. The lowest BCUT2D eigenvalue weighted by molar-refractivity contribution is 0.00697. The quantitative estimate of drug-likeness (QED) is 0.864. The van der Waals surface area contributed by atoms with Crippen LogP contribution in [0.5, 0.6) is 0 Å². The first-order valence-corrected chi connectivity index (χ1v) is 5.94. The van der Waals surface area contributed by atoms with Gasteiger partial charge in [-0.3, -0.25) is 4.68 Å². The number of hydrogen-bond donors (Lipinski definition) is 1. The van der Waals surface area contributed by atoms with Crippen LogP contribution in [0.4, 0.5) is 0 Å². The summed E-state index contributed by atoms with van der Waals surface area (Å²) in [5.74, 6) is 0.231. The SMILES string of the molecule is Cc1nn(C)c(Cl)c1C(O)C1CCOCC1. The van der Waals surface area contributed by atoms with Crippen LogP contribution in [0.2, 0.25) is 5.15 Å². The zero-order valence-electron chi connectivity index (χ0n) is 9.61. The molecule has 2 heterocycles. The first-order valence-electron chi connectivity index (χ1n) is 5.56. The van der Waals surface area contributed by atoms with Crippen LogP contribution < -0.4 is 0 Å². The fourth-order valence-electron chi connectivity index (χ4n) is 2.25. The van der Waals surface area contributed by atoms with E-state index in [1.54, 1.807) is 11.7 Å². The molecule has 1 fully saturated rings. The zero-order chi connectivity index (χ0) is 11.7. The van der Waals surface area contributed by atoms with Gasteiger partial charge in [-0.05, 0) is 25.7 Å². The first kappa shape index (κ1) is 11.9. The molecule has 90 valence electrons. The molecule has 1 aliphatic rings. The normalized spacial score (nSPS) is 20.0. The van der Waals surface area contributed by atoms with Gasteiger partial charge in [-0.25, -0.2) is 0 Å². The van der Waals surface area contributed by atoms with E-state index < -0.39 is 6.10 Å². The Balaban J connectivity index is 2.22. The van der Waals surface area contributed by atoms with Gasteiger partial charge in [0.05, 0.1) is 11.8 Å². The Morgan fingerprint density at radius 3 is 2.62 bits per heavy atom. The van der Waals surface area contributed by atoms with E-state index in [-0.39, 0.29) is 5.92 Å². The van der Waals surface area contributed by atoms with Crippen LogP contribution in [0.1, 0.15) is 30.2 Å². The van der Waals surface area contributed by atoms with E-state index in [9.17, 15) is 5.11 Å². The van der Waals surface area contributed by atoms with Gasteiger partial charge in [0.1, 0.15) is 5.15 Å². The van der Waals surface area contributed by atoms with Crippen LogP contribution in [0.25, 0.3) is 0 Å². The zero-order valence-corrected chi connectivity index (χ0v) is 10.4. The molecule has 1 atom stereocenters. The predicted molar refractivity (Wildman–Crippen MR) is 61.5 cm³/mol. The fourth-order valence-corrected chi connectivity index (χ4v) is 2.54. The van der Waals surface area contributed by atoms with Gasteiger partial charge < -0.3 is 9.84 Å². The van der Waals surface area contributed by atoms with Gasteiger partial charge in [0.25, 0.3) is 0 Å². The Bertz CT molecular complexity index is 372. The molecule has 0 amide bonds. The minimum absolute atomic E-state index is 0.231. The Labute approximate surface area is 100 Å². The number of ether oxygens (including phenoxy) is 1. The summed E-state index contributed by atoms with van der Waals surface area (Å²) in [5, 5.41) is 15.1. The van der Waals surface area contributed by atoms with Gasteiger partial charge in [-0.15, -0.1) is 0 Å². The summed E-state index contributed by atoms with van der Waals surface area (Å²) >= 11 is 6.14. The average molecular weight is 245 g/mol. The van der Waals surface area contributed by atoms with Gasteiger partial charge in [-0.2, -0.15) is 5.10 Å². The summed E-state index contributed by atoms with van der Waals surface area (Å²) < 4.78 is 6.89. The smallest absolute Gasteiger partial charge is 0.132 e. The highest BCUT2D eigenvalue weighted by atomic mass is 35.5. The van der Waals surface area contributed by atoms with E-state index in [1.165, 1.54) is 0 Å². The van der Waals surface area contributed by atoms with Crippen molar-refractivity contribution in [3.05, 3.63) is 16.4 Å². The number of hydrogen-bond acceptors (Lipinski definition) is 3. The lowest BCUT2D eigenvalue weighted by Gasteiger charge is -2.26. The molecule has 1 aliphatic heterocycles. The fraction of sp³-hybridized carbons (Fsp3) is 0.727. The Hall–Kier alpha value is -0.580. The van der Waals surface area contributed by atoms with Crippen molar-refractivity contribution >= 4 is 11.6 Å². The van der Waals surface area contributed by atoms with Gasteiger partial charge in [0, 0.05) is 25.8 Å². The number of aromatic nitrogens is 2. The molecule has 0 spiro atoms. The van der Waals surface area contributed by atoms with Crippen molar-refractivity contribution in [1.82, 2.24) is 9.78 Å². The highest BCUT2D eigenvalue weighted by Crippen LogP contribution is 2.35. The van der Waals surface area contributed by atoms with Gasteiger partial charge in [-0.1, -0.05) is 11.6 Å². The molecule has 1 saturated heterocycles. The van der Waals surface area contributed by atoms with Crippen molar-refractivity contribution in [2.24, 2.45) is 13.0 Å². The molecule has 16 heavy (non-hydrogen) atoms. The van der Waals surface area contributed by atoms with Crippen molar-refractivity contribution in [2.75, 3.05) is 13.2 Å². The van der Waals surface area contributed by atoms with Crippen molar-refractivity contribution in [1.29, 1.82) is 0 Å². The lowest BCUT2D eigenvalue weighted by atomic mass is 9.90. The maximum Gasteiger partial charge on any atom is 0.132 e. The molecule has 5 heteroatoms. The standard InChI is InChI=1S/C11H17ClN2O2/c1-7-9(11(12)14(2)13-7)10(15)8-3-5-16-6-4-8/h8,10,15H,3-6H2,1-2H3. The summed E-state index contributed by atoms with van der Waals surface area (Å²) in [4.78, 5) is 0. The summed E-state index contributed by atoms with van der Waals surface area (Å²) in [7, 11) is 1.79. The van der Waals surface area contributed by atoms with E-state index in [0.29, 0.717) is 5.15 Å². The summed E-state index contributed by atoms with van der Waals surface area (Å²) in [5.41, 5.74) is 1.59. The minimum atomic E-state index is -0.523. The molecule has 4 nitrogen and oxygen atoms in total. The maximum absolute atomic E-state index is 10.3. The highest BCUT2D eigenvalue weighted by Gasteiger charge is 2.28. The lowest BCUT2D eigenvalue weighted by Crippen LogP contribution is -2.22. The molecule has 2 rings (SSSR count).